The van der Waals surface area contributed by atoms with E-state index in [1.54, 1.807) is 4.90 Å². The van der Waals surface area contributed by atoms with Crippen molar-refractivity contribution in [2.45, 2.75) is 11.8 Å². The van der Waals surface area contributed by atoms with Crippen LogP contribution in [-0.4, -0.2) is 42.0 Å². The number of carbonyl (C=O) groups excluding carboxylic acids is 2. The summed E-state index contributed by atoms with van der Waals surface area (Å²) < 4.78 is 4.87. The molecular weight excluding hydrogens is 328 g/mol. The van der Waals surface area contributed by atoms with Gasteiger partial charge in [-0.05, 0) is 36.2 Å². The Morgan fingerprint density at radius 3 is 2.69 bits per heavy atom. The van der Waals surface area contributed by atoms with E-state index in [-0.39, 0.29) is 5.78 Å². The average molecular weight is 348 g/mol. The molecule has 1 fully saturated rings. The number of aromatic amines is 1. The molecule has 1 saturated heterocycles. The predicted molar refractivity (Wildman–Crippen MR) is 99.3 cm³/mol. The van der Waals surface area contributed by atoms with Crippen LogP contribution in [0, 0.1) is 0 Å². The predicted octanol–water partition coefficient (Wildman–Crippen LogP) is 3.76. The van der Waals surface area contributed by atoms with E-state index >= 15 is 0 Å². The number of ketones is 1. The number of nitrogens with one attached hydrogen (secondary N) is 1. The van der Waals surface area contributed by atoms with Crippen LogP contribution in [0.3, 0.4) is 0 Å². The minimum Gasteiger partial charge on any atom is -0.453 e. The van der Waals surface area contributed by atoms with E-state index in [9.17, 15) is 9.59 Å². The fourth-order valence-electron chi connectivity index (χ4n) is 3.87. The molecule has 0 radical (unpaired) electrons. The monoisotopic (exact) mass is 348 g/mol. The summed E-state index contributed by atoms with van der Waals surface area (Å²) in [7, 11) is 1.37. The average Bonchev–Trinajstić information content (AvgIpc) is 3.34. The Morgan fingerprint density at radius 2 is 1.92 bits per heavy atom. The number of nitrogens with zero attached hydrogens (tertiary/aromatic N) is 1. The zero-order valence-corrected chi connectivity index (χ0v) is 14.6. The summed E-state index contributed by atoms with van der Waals surface area (Å²) in [5.41, 5.74) is 1.84. The van der Waals surface area contributed by atoms with E-state index < -0.39 is 11.5 Å². The van der Waals surface area contributed by atoms with E-state index in [2.05, 4.69) is 4.98 Å². The van der Waals surface area contributed by atoms with Gasteiger partial charge < -0.3 is 14.6 Å². The summed E-state index contributed by atoms with van der Waals surface area (Å²) in [6, 6.07) is 17.4. The fourth-order valence-corrected chi connectivity index (χ4v) is 3.87. The number of amides is 1. The van der Waals surface area contributed by atoms with E-state index in [0.29, 0.717) is 25.1 Å². The van der Waals surface area contributed by atoms with Gasteiger partial charge in [-0.1, -0.05) is 30.3 Å². The zero-order valence-electron chi connectivity index (χ0n) is 14.6. The lowest BCUT2D eigenvalue weighted by molar-refractivity contribution is 0.0881. The van der Waals surface area contributed by atoms with Gasteiger partial charge in [-0.15, -0.1) is 0 Å². The van der Waals surface area contributed by atoms with Gasteiger partial charge in [0.15, 0.2) is 5.78 Å². The summed E-state index contributed by atoms with van der Waals surface area (Å²) in [6.45, 7) is 0.827. The largest absolute Gasteiger partial charge is 0.453 e. The first kappa shape index (κ1) is 16.4. The molecule has 3 aromatic rings. The molecule has 1 amide bonds. The van der Waals surface area contributed by atoms with E-state index in [1.807, 2.05) is 60.8 Å². The number of H-pyrrole nitrogens is 1. The maximum absolute atomic E-state index is 13.6. The van der Waals surface area contributed by atoms with Crippen molar-refractivity contribution in [2.75, 3.05) is 20.2 Å². The topological polar surface area (TPSA) is 62.4 Å². The Bertz CT molecular complexity index is 964. The van der Waals surface area contributed by atoms with E-state index in [4.69, 9.17) is 4.74 Å². The van der Waals surface area contributed by atoms with Crippen LogP contribution in [-0.2, 0) is 10.2 Å². The molecule has 1 atom stereocenters. The summed E-state index contributed by atoms with van der Waals surface area (Å²) in [5.74, 6) is 0.0400. The van der Waals surface area contributed by atoms with Crippen molar-refractivity contribution >= 4 is 22.8 Å². The van der Waals surface area contributed by atoms with Gasteiger partial charge >= 0.3 is 6.09 Å². The van der Waals surface area contributed by atoms with Gasteiger partial charge in [0, 0.05) is 35.8 Å². The van der Waals surface area contributed by atoms with Crippen LogP contribution >= 0.6 is 0 Å². The van der Waals surface area contributed by atoms with E-state index in [0.717, 1.165) is 16.5 Å². The molecule has 5 heteroatoms. The minimum atomic E-state index is -0.751. The number of hydrogen-bond acceptors (Lipinski definition) is 3. The number of rotatable bonds is 3. The molecule has 2 heterocycles. The molecule has 1 aliphatic heterocycles. The molecule has 2 aromatic carbocycles. The third-order valence-electron chi connectivity index (χ3n) is 5.28. The van der Waals surface area contributed by atoms with E-state index in [1.165, 1.54) is 7.11 Å². The highest BCUT2D eigenvalue weighted by atomic mass is 16.5. The number of likely N-dealkylation sites (tertiary alicyclic amines) is 1. The van der Waals surface area contributed by atoms with Crippen molar-refractivity contribution in [1.82, 2.24) is 9.88 Å². The molecule has 1 aromatic heterocycles. The SMILES string of the molecule is COC(=O)N1CCC(C(=O)c2ccc3[nH]ccc3c2)(c2ccccc2)C1. The first-order valence-corrected chi connectivity index (χ1v) is 8.64. The summed E-state index contributed by atoms with van der Waals surface area (Å²) >= 11 is 0. The maximum Gasteiger partial charge on any atom is 0.409 e. The number of ether oxygens (including phenoxy) is 1. The molecule has 0 aliphatic carbocycles. The van der Waals surface area contributed by atoms with Crippen molar-refractivity contribution in [3.05, 3.63) is 71.9 Å². The first-order chi connectivity index (χ1) is 12.6. The molecule has 4 rings (SSSR count). The lowest BCUT2D eigenvalue weighted by Gasteiger charge is -2.28. The molecule has 26 heavy (non-hydrogen) atoms. The van der Waals surface area contributed by atoms with Crippen molar-refractivity contribution in [2.24, 2.45) is 0 Å². The molecule has 0 spiro atoms. The first-order valence-electron chi connectivity index (χ1n) is 8.64. The van der Waals surface area contributed by atoms with Crippen molar-refractivity contribution < 1.29 is 14.3 Å². The maximum atomic E-state index is 13.6. The third-order valence-corrected chi connectivity index (χ3v) is 5.28. The summed E-state index contributed by atoms with van der Waals surface area (Å²) in [4.78, 5) is 30.4. The Balaban J connectivity index is 1.78. The molecule has 0 bridgehead atoms. The lowest BCUT2D eigenvalue weighted by Crippen LogP contribution is -2.40. The second-order valence-corrected chi connectivity index (χ2v) is 6.70. The van der Waals surface area contributed by atoms with Crippen LogP contribution in [0.1, 0.15) is 22.3 Å². The summed E-state index contributed by atoms with van der Waals surface area (Å²) in [6.07, 6.45) is 2.05. The van der Waals surface area contributed by atoms with Gasteiger partial charge in [0.25, 0.3) is 0 Å². The van der Waals surface area contributed by atoms with Crippen LogP contribution in [0.25, 0.3) is 10.9 Å². The number of methoxy groups -OCH3 is 1. The lowest BCUT2D eigenvalue weighted by atomic mass is 9.73. The molecule has 0 saturated carbocycles. The van der Waals surface area contributed by atoms with Gasteiger partial charge in [-0.25, -0.2) is 4.79 Å². The molecule has 1 N–H and O–H groups in total. The van der Waals surface area contributed by atoms with Crippen LogP contribution < -0.4 is 0 Å². The number of carbonyl (C=O) groups is 2. The molecule has 132 valence electrons. The van der Waals surface area contributed by atoms with Gasteiger partial charge in [0.2, 0.25) is 0 Å². The molecule has 5 nitrogen and oxygen atoms in total. The van der Waals surface area contributed by atoms with Crippen molar-refractivity contribution in [1.29, 1.82) is 0 Å². The molecular formula is C21H20N2O3. The van der Waals surface area contributed by atoms with Gasteiger partial charge in [0.1, 0.15) is 0 Å². The standard InChI is InChI=1S/C21H20N2O3/c1-26-20(25)23-12-10-21(14-23,17-5-3-2-4-6-17)19(24)16-7-8-18-15(13-16)9-11-22-18/h2-9,11,13,22H,10,12,14H2,1H3. The van der Waals surface area contributed by atoms with Crippen molar-refractivity contribution in [3.63, 3.8) is 0 Å². The Kier molecular flexibility index (Phi) is 3.99. The smallest absolute Gasteiger partial charge is 0.409 e. The minimum absolute atomic E-state index is 0.0400. The second-order valence-electron chi connectivity index (χ2n) is 6.70. The molecule has 1 aliphatic rings. The number of aromatic nitrogens is 1. The zero-order chi connectivity index (χ0) is 18.1. The molecule has 1 unspecified atom stereocenters. The second kappa shape index (κ2) is 6.33. The number of fused-ring (bicyclic) bond motifs is 1. The normalized spacial score (nSPS) is 19.7. The fraction of sp³-hybridized carbons (Fsp3) is 0.238. The highest BCUT2D eigenvalue weighted by molar-refractivity contribution is 6.07. The third kappa shape index (κ3) is 2.56. The number of benzene rings is 2. The number of hydrogen-bond donors (Lipinski definition) is 1. The van der Waals surface area contributed by atoms with Crippen molar-refractivity contribution in [3.8, 4) is 0 Å². The van der Waals surface area contributed by atoms with Crippen LogP contribution in [0.4, 0.5) is 4.79 Å². The Labute approximate surface area is 151 Å². The van der Waals surface area contributed by atoms with Crippen LogP contribution in [0.15, 0.2) is 60.8 Å². The van der Waals surface area contributed by atoms with Gasteiger partial charge in [-0.3, -0.25) is 4.79 Å². The van der Waals surface area contributed by atoms with Crippen LogP contribution in [0.2, 0.25) is 0 Å². The highest BCUT2D eigenvalue weighted by Gasteiger charge is 2.47. The van der Waals surface area contributed by atoms with Gasteiger partial charge in [0.05, 0.1) is 12.5 Å². The van der Waals surface area contributed by atoms with Gasteiger partial charge in [-0.2, -0.15) is 0 Å². The van der Waals surface area contributed by atoms with Crippen LogP contribution in [0.5, 0.6) is 0 Å². The Hall–Kier alpha value is -3.08. The Morgan fingerprint density at radius 1 is 1.12 bits per heavy atom. The highest BCUT2D eigenvalue weighted by Crippen LogP contribution is 2.38. The number of Topliss-reactive ketones (excluding diaryl/α,β-unsaturated/α-hetero) is 1. The summed E-state index contributed by atoms with van der Waals surface area (Å²) in [5, 5.41) is 1.00. The quantitative estimate of drug-likeness (QED) is 0.733.